The molecule has 116 valence electrons. The van der Waals surface area contributed by atoms with Crippen molar-refractivity contribution in [3.63, 3.8) is 0 Å². The molecule has 0 aliphatic carbocycles. The minimum atomic E-state index is -1.46. The van der Waals surface area contributed by atoms with E-state index in [-0.39, 0.29) is 5.82 Å². The van der Waals surface area contributed by atoms with E-state index < -0.39 is 22.8 Å². The summed E-state index contributed by atoms with van der Waals surface area (Å²) in [4.78, 5) is 30.1. The largest absolute Gasteiger partial charge is 0.465 e. The predicted octanol–water partition coefficient (Wildman–Crippen LogP) is 2.14. The zero-order chi connectivity index (χ0) is 16.4. The molecule has 3 N–H and O–H groups in total. The normalized spacial score (nSPS) is 12.0. The Kier molecular flexibility index (Phi) is 3.90. The van der Waals surface area contributed by atoms with Crippen molar-refractivity contribution < 1.29 is 18.9 Å². The molecule has 0 bridgehead atoms. The molecular formula is C15H11N3O4S. The molecule has 1 atom stereocenters. The van der Waals surface area contributed by atoms with Gasteiger partial charge >= 0.3 is 6.09 Å². The number of imidazole rings is 1. The van der Waals surface area contributed by atoms with Crippen LogP contribution < -0.4 is 5.32 Å². The highest BCUT2D eigenvalue weighted by Crippen LogP contribution is 2.20. The standard InChI is InChI=1S/C15H11N3O4S/c19-14(18-15(20)21)13-16-11-7-6-10(8-12(11)17-13)23(22)9-4-2-1-3-5-9/h1-8H,(H,16,17)(H,18,19)(H,20,21). The van der Waals surface area contributed by atoms with Gasteiger partial charge in [-0.1, -0.05) is 18.2 Å². The first-order valence-corrected chi connectivity index (χ1v) is 7.70. The maximum Gasteiger partial charge on any atom is 0.411 e. The number of amides is 2. The number of hydrogen-bond acceptors (Lipinski definition) is 4. The molecule has 0 radical (unpaired) electrons. The number of carboxylic acid groups (broad SMARTS) is 1. The van der Waals surface area contributed by atoms with Crippen LogP contribution in [0.4, 0.5) is 4.79 Å². The van der Waals surface area contributed by atoms with E-state index in [9.17, 15) is 13.8 Å². The third kappa shape index (κ3) is 3.11. The third-order valence-electron chi connectivity index (χ3n) is 3.06. The zero-order valence-corrected chi connectivity index (χ0v) is 12.5. The van der Waals surface area contributed by atoms with Gasteiger partial charge < -0.3 is 10.1 Å². The molecule has 0 spiro atoms. The van der Waals surface area contributed by atoms with Gasteiger partial charge in [-0.15, -0.1) is 0 Å². The van der Waals surface area contributed by atoms with Crippen LogP contribution in [0.2, 0.25) is 0 Å². The van der Waals surface area contributed by atoms with Crippen molar-refractivity contribution in [2.24, 2.45) is 0 Å². The maximum atomic E-state index is 12.5. The lowest BCUT2D eigenvalue weighted by Gasteiger charge is -2.01. The van der Waals surface area contributed by atoms with Crippen LogP contribution in [0.5, 0.6) is 0 Å². The lowest BCUT2D eigenvalue weighted by Crippen LogP contribution is -2.29. The fraction of sp³-hybridized carbons (Fsp3) is 0. The molecule has 1 aromatic heterocycles. The average molecular weight is 329 g/mol. The fourth-order valence-corrected chi connectivity index (χ4v) is 3.14. The highest BCUT2D eigenvalue weighted by Gasteiger charge is 2.15. The number of rotatable bonds is 3. The Morgan fingerprint density at radius 3 is 2.52 bits per heavy atom. The van der Waals surface area contributed by atoms with Gasteiger partial charge in [0.25, 0.3) is 5.91 Å². The van der Waals surface area contributed by atoms with Crippen LogP contribution in [0.25, 0.3) is 11.0 Å². The minimum Gasteiger partial charge on any atom is -0.465 e. The summed E-state index contributed by atoms with van der Waals surface area (Å²) in [5.74, 6) is -0.968. The Morgan fingerprint density at radius 1 is 1.09 bits per heavy atom. The van der Waals surface area contributed by atoms with Crippen LogP contribution in [-0.4, -0.2) is 31.3 Å². The van der Waals surface area contributed by atoms with Crippen molar-refractivity contribution in [1.29, 1.82) is 0 Å². The molecule has 2 amide bonds. The van der Waals surface area contributed by atoms with Crippen LogP contribution in [-0.2, 0) is 10.8 Å². The summed E-state index contributed by atoms with van der Waals surface area (Å²) in [6, 6.07) is 13.9. The monoisotopic (exact) mass is 329 g/mol. The lowest BCUT2D eigenvalue weighted by molar-refractivity contribution is 0.0939. The number of imide groups is 1. The summed E-state index contributed by atoms with van der Waals surface area (Å²) < 4.78 is 12.5. The van der Waals surface area contributed by atoms with E-state index in [0.717, 1.165) is 0 Å². The van der Waals surface area contributed by atoms with Crippen molar-refractivity contribution in [2.45, 2.75) is 9.79 Å². The first-order chi connectivity index (χ1) is 11.0. The van der Waals surface area contributed by atoms with Crippen molar-refractivity contribution in [1.82, 2.24) is 15.3 Å². The molecule has 0 aliphatic heterocycles. The van der Waals surface area contributed by atoms with Crippen LogP contribution in [0, 0.1) is 0 Å². The molecule has 3 rings (SSSR count). The van der Waals surface area contributed by atoms with Gasteiger partial charge in [-0.25, -0.2) is 14.0 Å². The molecule has 23 heavy (non-hydrogen) atoms. The first kappa shape index (κ1) is 14.9. The van der Waals surface area contributed by atoms with E-state index >= 15 is 0 Å². The second-order valence-electron chi connectivity index (χ2n) is 4.61. The molecule has 1 heterocycles. The maximum absolute atomic E-state index is 12.5. The smallest absolute Gasteiger partial charge is 0.411 e. The van der Waals surface area contributed by atoms with Crippen molar-refractivity contribution in [2.75, 3.05) is 0 Å². The van der Waals surface area contributed by atoms with Gasteiger partial charge in [0, 0.05) is 9.79 Å². The highest BCUT2D eigenvalue weighted by molar-refractivity contribution is 7.85. The number of aromatic amines is 1. The molecule has 0 aliphatic rings. The quantitative estimate of drug-likeness (QED) is 0.681. The number of benzene rings is 2. The van der Waals surface area contributed by atoms with Crippen LogP contribution in [0.3, 0.4) is 0 Å². The molecule has 7 nitrogen and oxygen atoms in total. The topological polar surface area (TPSA) is 112 Å². The molecule has 0 saturated carbocycles. The molecule has 2 aromatic carbocycles. The van der Waals surface area contributed by atoms with Crippen molar-refractivity contribution in [3.05, 3.63) is 54.4 Å². The fourth-order valence-electron chi connectivity index (χ4n) is 2.05. The predicted molar refractivity (Wildman–Crippen MR) is 82.7 cm³/mol. The van der Waals surface area contributed by atoms with Gasteiger partial charge in [-0.05, 0) is 30.3 Å². The number of fused-ring (bicyclic) bond motifs is 1. The summed E-state index contributed by atoms with van der Waals surface area (Å²) in [6.07, 6.45) is -1.46. The van der Waals surface area contributed by atoms with Gasteiger partial charge in [0.15, 0.2) is 5.82 Å². The number of carbonyl (C=O) groups is 2. The Hall–Kier alpha value is -3.00. The van der Waals surface area contributed by atoms with Gasteiger partial charge in [-0.2, -0.15) is 0 Å². The molecule has 0 fully saturated rings. The van der Waals surface area contributed by atoms with Crippen molar-refractivity contribution >= 4 is 33.8 Å². The molecular weight excluding hydrogens is 318 g/mol. The summed E-state index contributed by atoms with van der Waals surface area (Å²) in [5, 5.41) is 10.3. The summed E-state index contributed by atoms with van der Waals surface area (Å²) >= 11 is 0. The van der Waals surface area contributed by atoms with E-state index in [1.807, 2.05) is 6.07 Å². The molecule has 0 saturated heterocycles. The summed E-state index contributed by atoms with van der Waals surface area (Å²) in [5.41, 5.74) is 0.983. The Balaban J connectivity index is 1.95. The first-order valence-electron chi connectivity index (χ1n) is 6.55. The van der Waals surface area contributed by atoms with Crippen LogP contribution in [0.1, 0.15) is 10.6 Å². The number of nitrogens with one attached hydrogen (secondary N) is 2. The zero-order valence-electron chi connectivity index (χ0n) is 11.6. The van der Waals surface area contributed by atoms with Crippen LogP contribution >= 0.6 is 0 Å². The molecule has 3 aromatic rings. The van der Waals surface area contributed by atoms with E-state index in [2.05, 4.69) is 9.97 Å². The van der Waals surface area contributed by atoms with Gasteiger partial charge in [0.2, 0.25) is 0 Å². The van der Waals surface area contributed by atoms with E-state index in [1.54, 1.807) is 47.8 Å². The van der Waals surface area contributed by atoms with Gasteiger partial charge in [-0.3, -0.25) is 10.1 Å². The Labute approximate surface area is 132 Å². The number of H-pyrrole nitrogens is 1. The Morgan fingerprint density at radius 2 is 1.83 bits per heavy atom. The lowest BCUT2D eigenvalue weighted by atomic mass is 10.3. The second kappa shape index (κ2) is 6.01. The van der Waals surface area contributed by atoms with Crippen molar-refractivity contribution in [3.8, 4) is 0 Å². The second-order valence-corrected chi connectivity index (χ2v) is 6.09. The molecule has 1 unspecified atom stereocenters. The number of aromatic nitrogens is 2. The minimum absolute atomic E-state index is 0.120. The van der Waals surface area contributed by atoms with Gasteiger partial charge in [0.1, 0.15) is 0 Å². The van der Waals surface area contributed by atoms with E-state index in [1.165, 1.54) is 0 Å². The number of carbonyl (C=O) groups excluding carboxylic acids is 1. The highest BCUT2D eigenvalue weighted by atomic mass is 32.2. The third-order valence-corrected chi connectivity index (χ3v) is 4.44. The summed E-state index contributed by atoms with van der Waals surface area (Å²) in [6.45, 7) is 0. The summed E-state index contributed by atoms with van der Waals surface area (Å²) in [7, 11) is -1.36. The Bertz CT molecular complexity index is 921. The molecule has 8 heteroatoms. The number of nitrogens with zero attached hydrogens (tertiary/aromatic N) is 1. The van der Waals surface area contributed by atoms with E-state index in [4.69, 9.17) is 5.11 Å². The number of hydrogen-bond donors (Lipinski definition) is 3. The average Bonchev–Trinajstić information content (AvgIpc) is 2.97. The van der Waals surface area contributed by atoms with E-state index in [0.29, 0.717) is 20.8 Å². The SMILES string of the molecule is O=C(O)NC(=O)c1nc2ccc(S(=O)c3ccccc3)cc2[nH]1. The van der Waals surface area contributed by atoms with Crippen LogP contribution in [0.15, 0.2) is 58.3 Å². The van der Waals surface area contributed by atoms with Gasteiger partial charge in [0.05, 0.1) is 21.8 Å².